The smallest absolute Gasteiger partial charge is 0.295 e. The summed E-state index contributed by atoms with van der Waals surface area (Å²) >= 11 is 0. The van der Waals surface area contributed by atoms with Crippen molar-refractivity contribution in [1.29, 1.82) is 0 Å². The van der Waals surface area contributed by atoms with Gasteiger partial charge in [-0.2, -0.15) is 0 Å². The number of likely N-dealkylation sites (tertiary alicyclic amines) is 1. The summed E-state index contributed by atoms with van der Waals surface area (Å²) < 4.78 is 24.3. The van der Waals surface area contributed by atoms with Crippen LogP contribution in [0, 0.1) is 12.7 Å². The van der Waals surface area contributed by atoms with Crippen LogP contribution in [0.2, 0.25) is 0 Å². The number of rotatable bonds is 6. The minimum atomic E-state index is -0.895. The van der Waals surface area contributed by atoms with E-state index in [2.05, 4.69) is 4.98 Å². The number of ether oxygens (including phenoxy) is 2. The molecule has 8 heteroatoms. The average molecular weight is 501 g/mol. The van der Waals surface area contributed by atoms with Crippen LogP contribution >= 0.6 is 0 Å². The highest BCUT2D eigenvalue weighted by molar-refractivity contribution is 6.46. The average Bonchev–Trinajstić information content (AvgIpc) is 3.36. The van der Waals surface area contributed by atoms with Gasteiger partial charge in [-0.15, -0.1) is 0 Å². The Balaban J connectivity index is 1.75. The second-order valence-corrected chi connectivity index (χ2v) is 8.83. The molecule has 0 saturated carbocycles. The minimum absolute atomic E-state index is 0.0466. The molecular weight excluding hydrogens is 475 g/mol. The zero-order chi connectivity index (χ0) is 26.3. The molecule has 1 fully saturated rings. The van der Waals surface area contributed by atoms with Crippen LogP contribution in [0.1, 0.15) is 28.4 Å². The Kier molecular flexibility index (Phi) is 6.17. The predicted octanol–water partition coefficient (Wildman–Crippen LogP) is 5.25. The fraction of sp³-hybridized carbons (Fsp3) is 0.172. The third kappa shape index (κ3) is 4.10. The Bertz CT molecular complexity index is 1550. The minimum Gasteiger partial charge on any atom is -0.507 e. The number of aromatic amines is 1. The summed E-state index contributed by atoms with van der Waals surface area (Å²) in [5.74, 6) is -1.53. The van der Waals surface area contributed by atoms with Gasteiger partial charge in [0.1, 0.15) is 23.1 Å². The van der Waals surface area contributed by atoms with E-state index in [-0.39, 0.29) is 29.2 Å². The van der Waals surface area contributed by atoms with E-state index in [0.29, 0.717) is 16.9 Å². The van der Waals surface area contributed by atoms with Crippen LogP contribution in [-0.4, -0.2) is 40.9 Å². The van der Waals surface area contributed by atoms with E-state index in [0.717, 1.165) is 16.6 Å². The van der Waals surface area contributed by atoms with Gasteiger partial charge in [-0.3, -0.25) is 9.59 Å². The number of Topliss-reactive ketones (excluding diaryl/α,β-unsaturated/α-hetero) is 1. The normalized spacial score (nSPS) is 17.0. The van der Waals surface area contributed by atoms with Crippen LogP contribution < -0.4 is 9.47 Å². The lowest BCUT2D eigenvalue weighted by molar-refractivity contribution is -0.140. The molecule has 37 heavy (non-hydrogen) atoms. The molecule has 5 rings (SSSR count). The number of H-pyrrole nitrogens is 1. The zero-order valence-corrected chi connectivity index (χ0v) is 20.5. The number of nitrogens with zero attached hydrogens (tertiary/aromatic N) is 1. The SMILES string of the molecule is COc1ccc(/C(O)=C2\C(=O)C(=O)N(Cc3ccc(F)cc3)C2c2c(C)[nH]c3ccccc23)c(OC)c1. The first kappa shape index (κ1) is 24.1. The van der Waals surface area contributed by atoms with Crippen LogP contribution in [0.4, 0.5) is 4.39 Å². The Morgan fingerprint density at radius 3 is 2.46 bits per heavy atom. The highest BCUT2D eigenvalue weighted by Gasteiger charge is 2.47. The molecule has 0 bridgehead atoms. The van der Waals surface area contributed by atoms with Gasteiger partial charge in [0.15, 0.2) is 0 Å². The van der Waals surface area contributed by atoms with Gasteiger partial charge < -0.3 is 24.5 Å². The summed E-state index contributed by atoms with van der Waals surface area (Å²) in [6, 6.07) is 17.2. The lowest BCUT2D eigenvalue weighted by Gasteiger charge is -2.26. The molecule has 7 nitrogen and oxygen atoms in total. The third-order valence-corrected chi connectivity index (χ3v) is 6.69. The number of para-hydroxylation sites is 1. The molecule has 1 aliphatic heterocycles. The molecule has 2 N–H and O–H groups in total. The lowest BCUT2D eigenvalue weighted by Crippen LogP contribution is -2.29. The van der Waals surface area contributed by atoms with Crippen molar-refractivity contribution in [2.45, 2.75) is 19.5 Å². The second kappa shape index (κ2) is 9.46. The maximum atomic E-state index is 13.5. The molecule has 1 amide bonds. The monoisotopic (exact) mass is 500 g/mol. The van der Waals surface area contributed by atoms with E-state index in [1.165, 1.54) is 31.3 Å². The second-order valence-electron chi connectivity index (χ2n) is 8.83. The number of methoxy groups -OCH3 is 2. The number of ketones is 1. The van der Waals surface area contributed by atoms with Crippen LogP contribution in [0.25, 0.3) is 16.7 Å². The molecule has 1 unspecified atom stereocenters. The topological polar surface area (TPSA) is 91.9 Å². The van der Waals surface area contributed by atoms with Crippen LogP contribution in [0.5, 0.6) is 11.5 Å². The molecule has 0 aliphatic carbocycles. The first-order valence-corrected chi connectivity index (χ1v) is 11.7. The van der Waals surface area contributed by atoms with Crippen molar-refractivity contribution >= 4 is 28.4 Å². The zero-order valence-electron chi connectivity index (χ0n) is 20.5. The van der Waals surface area contributed by atoms with E-state index in [4.69, 9.17) is 9.47 Å². The molecule has 2 heterocycles. The van der Waals surface area contributed by atoms with Gasteiger partial charge >= 0.3 is 0 Å². The first-order valence-electron chi connectivity index (χ1n) is 11.7. The number of aliphatic hydroxyl groups is 1. The fourth-order valence-corrected chi connectivity index (χ4v) is 4.92. The molecule has 1 atom stereocenters. The summed E-state index contributed by atoms with van der Waals surface area (Å²) in [5.41, 5.74) is 3.14. The molecule has 0 spiro atoms. The van der Waals surface area contributed by atoms with Gasteiger partial charge in [-0.1, -0.05) is 30.3 Å². The van der Waals surface area contributed by atoms with Gasteiger partial charge in [0.2, 0.25) is 0 Å². The first-order chi connectivity index (χ1) is 17.8. The van der Waals surface area contributed by atoms with Crippen molar-refractivity contribution in [3.8, 4) is 11.5 Å². The number of carbonyl (C=O) groups excluding carboxylic acids is 2. The van der Waals surface area contributed by atoms with Gasteiger partial charge in [0, 0.05) is 34.8 Å². The highest BCUT2D eigenvalue weighted by atomic mass is 19.1. The summed E-state index contributed by atoms with van der Waals surface area (Å²) in [5, 5.41) is 12.4. The van der Waals surface area contributed by atoms with Crippen molar-refractivity contribution in [3.05, 3.63) is 101 Å². The van der Waals surface area contributed by atoms with Crippen molar-refractivity contribution in [3.63, 3.8) is 0 Å². The van der Waals surface area contributed by atoms with Gasteiger partial charge in [-0.25, -0.2) is 4.39 Å². The summed E-state index contributed by atoms with van der Waals surface area (Å²) in [4.78, 5) is 31.7. The number of hydrogen-bond acceptors (Lipinski definition) is 5. The Morgan fingerprint density at radius 1 is 1.03 bits per heavy atom. The highest BCUT2D eigenvalue weighted by Crippen LogP contribution is 2.45. The summed E-state index contributed by atoms with van der Waals surface area (Å²) in [6.45, 7) is 1.91. The fourth-order valence-electron chi connectivity index (χ4n) is 4.92. The number of aliphatic hydroxyl groups excluding tert-OH is 1. The van der Waals surface area contributed by atoms with Crippen molar-refractivity contribution in [1.82, 2.24) is 9.88 Å². The number of aromatic nitrogens is 1. The van der Waals surface area contributed by atoms with E-state index in [1.807, 2.05) is 31.2 Å². The van der Waals surface area contributed by atoms with E-state index in [1.54, 1.807) is 30.3 Å². The van der Waals surface area contributed by atoms with E-state index >= 15 is 0 Å². The van der Waals surface area contributed by atoms with Crippen LogP contribution in [0.3, 0.4) is 0 Å². The molecular formula is C29H25FN2O5. The number of carbonyl (C=O) groups is 2. The van der Waals surface area contributed by atoms with Crippen LogP contribution in [0.15, 0.2) is 72.3 Å². The Labute approximate surface area is 212 Å². The van der Waals surface area contributed by atoms with Crippen molar-refractivity contribution < 1.29 is 28.6 Å². The molecule has 4 aromatic rings. The number of amides is 1. The number of halogens is 1. The summed E-state index contributed by atoms with van der Waals surface area (Å²) in [7, 11) is 2.95. The number of fused-ring (bicyclic) bond motifs is 1. The number of aryl methyl sites for hydroxylation is 1. The van der Waals surface area contributed by atoms with Crippen molar-refractivity contribution in [2.75, 3.05) is 14.2 Å². The maximum Gasteiger partial charge on any atom is 0.295 e. The molecule has 1 saturated heterocycles. The Hall–Kier alpha value is -4.59. The van der Waals surface area contributed by atoms with Crippen LogP contribution in [-0.2, 0) is 16.1 Å². The lowest BCUT2D eigenvalue weighted by atomic mass is 9.93. The predicted molar refractivity (Wildman–Crippen MR) is 137 cm³/mol. The molecule has 188 valence electrons. The van der Waals surface area contributed by atoms with Crippen molar-refractivity contribution in [2.24, 2.45) is 0 Å². The third-order valence-electron chi connectivity index (χ3n) is 6.69. The molecule has 1 aliphatic rings. The quantitative estimate of drug-likeness (QED) is 0.214. The number of benzene rings is 3. The Morgan fingerprint density at radius 2 is 1.76 bits per heavy atom. The number of nitrogens with one attached hydrogen (secondary N) is 1. The standard InChI is InChI=1S/C29H25FN2O5/c1-16-24(20-6-4-5-7-22(20)31-16)26-25(27(33)21-13-12-19(36-2)14-23(21)37-3)28(34)29(35)32(26)15-17-8-10-18(30)11-9-17/h4-14,26,31,33H,15H2,1-3H3/b27-25+. The maximum absolute atomic E-state index is 13.5. The molecule has 1 aromatic heterocycles. The van der Waals surface area contributed by atoms with E-state index in [9.17, 15) is 19.1 Å². The van der Waals surface area contributed by atoms with Gasteiger partial charge in [-0.05, 0) is 42.8 Å². The van der Waals surface area contributed by atoms with Gasteiger partial charge in [0.25, 0.3) is 11.7 Å². The summed E-state index contributed by atoms with van der Waals surface area (Å²) in [6.07, 6.45) is 0. The van der Waals surface area contributed by atoms with Gasteiger partial charge in [0.05, 0.1) is 31.4 Å². The molecule has 0 radical (unpaired) electrons. The number of hydrogen-bond donors (Lipinski definition) is 2. The largest absolute Gasteiger partial charge is 0.507 e. The van der Waals surface area contributed by atoms with E-state index < -0.39 is 23.5 Å². The molecule has 3 aromatic carbocycles.